The minimum absolute atomic E-state index is 0.464. The van der Waals surface area contributed by atoms with Gasteiger partial charge in [-0.2, -0.15) is 0 Å². The fraction of sp³-hybridized carbons (Fsp3) is 0.286. The van der Waals surface area contributed by atoms with E-state index in [1.165, 1.54) is 25.5 Å². The third kappa shape index (κ3) is 5.14. The normalized spacial score (nSPS) is 13.8. The molecule has 4 nitrogen and oxygen atoms in total. The Bertz CT molecular complexity index is 456. The maximum Gasteiger partial charge on any atom is 0.303 e. The van der Waals surface area contributed by atoms with Crippen molar-refractivity contribution in [3.63, 3.8) is 0 Å². The molecule has 1 aromatic carbocycles. The van der Waals surface area contributed by atoms with Crippen LogP contribution in [0, 0.1) is 0 Å². The molecule has 102 valence electrons. The Morgan fingerprint density at radius 1 is 1.11 bits per heavy atom. The molecule has 19 heavy (non-hydrogen) atoms. The summed E-state index contributed by atoms with van der Waals surface area (Å²) in [6, 6.07) is 9.02. The van der Waals surface area contributed by atoms with Crippen LogP contribution in [0.25, 0.3) is 0 Å². The topological polar surface area (TPSA) is 52.6 Å². The van der Waals surface area contributed by atoms with Gasteiger partial charge in [-0.3, -0.25) is 9.59 Å². The van der Waals surface area contributed by atoms with Crippen molar-refractivity contribution in [2.75, 3.05) is 0 Å². The lowest BCUT2D eigenvalue weighted by Crippen LogP contribution is -2.26. The predicted octanol–water partition coefficient (Wildman–Crippen LogP) is 2.98. The van der Waals surface area contributed by atoms with Crippen molar-refractivity contribution < 1.29 is 19.1 Å². The molecule has 0 aliphatic carbocycles. The molecule has 1 aromatic rings. The first-order valence-corrected chi connectivity index (χ1v) is 6.14. The molecule has 0 unspecified atom stereocenters. The second-order valence-electron chi connectivity index (χ2n) is 3.83. The Balaban J connectivity index is 3.05. The van der Waals surface area contributed by atoms with Crippen molar-refractivity contribution in [3.05, 3.63) is 47.5 Å². The van der Waals surface area contributed by atoms with Gasteiger partial charge in [0.15, 0.2) is 12.2 Å². The van der Waals surface area contributed by atoms with Crippen LogP contribution in [0.1, 0.15) is 25.5 Å². The molecule has 1 rings (SSSR count). The molecule has 0 fully saturated rings. The van der Waals surface area contributed by atoms with Crippen LogP contribution >= 0.6 is 11.6 Å². The molecule has 0 amide bonds. The lowest BCUT2D eigenvalue weighted by Gasteiger charge is -2.24. The number of carbonyl (C=O) groups is 2. The summed E-state index contributed by atoms with van der Waals surface area (Å²) in [6.45, 7) is 2.58. The zero-order valence-electron chi connectivity index (χ0n) is 10.7. The van der Waals surface area contributed by atoms with Crippen LogP contribution in [0.4, 0.5) is 0 Å². The van der Waals surface area contributed by atoms with Gasteiger partial charge in [0.05, 0.1) is 0 Å². The fourth-order valence-corrected chi connectivity index (χ4v) is 1.76. The average Bonchev–Trinajstić information content (AvgIpc) is 2.36. The number of carbonyl (C=O) groups excluding carboxylic acids is 2. The number of hydrogen-bond acceptors (Lipinski definition) is 4. The Labute approximate surface area is 117 Å². The molecule has 0 spiro atoms. The molecule has 0 heterocycles. The van der Waals surface area contributed by atoms with Crippen molar-refractivity contribution in [1.29, 1.82) is 0 Å². The van der Waals surface area contributed by atoms with Crippen molar-refractivity contribution in [2.24, 2.45) is 0 Å². The fourth-order valence-electron chi connectivity index (χ4n) is 1.61. The van der Waals surface area contributed by atoms with E-state index in [1.54, 1.807) is 24.3 Å². The first-order valence-electron chi connectivity index (χ1n) is 5.71. The van der Waals surface area contributed by atoms with Crippen LogP contribution in [-0.4, -0.2) is 18.0 Å². The molecule has 0 bridgehead atoms. The summed E-state index contributed by atoms with van der Waals surface area (Å²) in [5.74, 6) is -0.943. The highest BCUT2D eigenvalue weighted by Gasteiger charge is 2.26. The van der Waals surface area contributed by atoms with E-state index in [0.29, 0.717) is 0 Å². The number of esters is 2. The maximum atomic E-state index is 11.2. The summed E-state index contributed by atoms with van der Waals surface area (Å²) in [5.41, 5.74) is 1.95. The lowest BCUT2D eigenvalue weighted by atomic mass is 10.0. The van der Waals surface area contributed by atoms with Gasteiger partial charge in [-0.25, -0.2) is 0 Å². The molecule has 0 saturated heterocycles. The summed E-state index contributed by atoms with van der Waals surface area (Å²) in [7, 11) is 0. The summed E-state index contributed by atoms with van der Waals surface area (Å²) < 4.78 is 10.3. The number of rotatable bonds is 5. The maximum absolute atomic E-state index is 11.2. The molecule has 0 radical (unpaired) electrons. The average molecular weight is 283 g/mol. The van der Waals surface area contributed by atoms with Gasteiger partial charge < -0.3 is 9.47 Å². The van der Waals surface area contributed by atoms with E-state index in [2.05, 4.69) is 0 Å². The van der Waals surface area contributed by atoms with Crippen molar-refractivity contribution >= 4 is 23.5 Å². The SMILES string of the molecule is CC(=O)O[C@@H](/C=C\Cl)[C@@H](OC(C)=O)c1ccccc1. The second kappa shape index (κ2) is 7.59. The molecule has 0 aliphatic rings. The molecular weight excluding hydrogens is 268 g/mol. The monoisotopic (exact) mass is 282 g/mol. The Morgan fingerprint density at radius 3 is 2.16 bits per heavy atom. The van der Waals surface area contributed by atoms with Gasteiger partial charge in [-0.1, -0.05) is 41.9 Å². The van der Waals surface area contributed by atoms with Crippen LogP contribution in [0.15, 0.2) is 41.9 Å². The first kappa shape index (κ1) is 15.2. The standard InChI is InChI=1S/C14H15ClO4/c1-10(16)18-13(8-9-15)14(19-11(2)17)12-6-4-3-5-7-12/h3-9,13-14H,1-2H3/b9-8-/t13-,14-/m0/s1. The molecule has 0 N–H and O–H groups in total. The van der Waals surface area contributed by atoms with E-state index in [1.807, 2.05) is 6.07 Å². The molecule has 2 atom stereocenters. The van der Waals surface area contributed by atoms with E-state index in [9.17, 15) is 9.59 Å². The zero-order chi connectivity index (χ0) is 14.3. The van der Waals surface area contributed by atoms with Crippen LogP contribution in [0.2, 0.25) is 0 Å². The van der Waals surface area contributed by atoms with E-state index >= 15 is 0 Å². The predicted molar refractivity (Wildman–Crippen MR) is 71.5 cm³/mol. The van der Waals surface area contributed by atoms with Gasteiger partial charge in [0.2, 0.25) is 0 Å². The van der Waals surface area contributed by atoms with Gasteiger partial charge in [-0.15, -0.1) is 0 Å². The summed E-state index contributed by atoms with van der Waals surface area (Å²) >= 11 is 5.54. The second-order valence-corrected chi connectivity index (χ2v) is 4.09. The molecule has 0 saturated carbocycles. The third-order valence-electron chi connectivity index (χ3n) is 2.28. The smallest absolute Gasteiger partial charge is 0.303 e. The molecule has 0 aromatic heterocycles. The first-order chi connectivity index (χ1) is 9.04. The Hall–Kier alpha value is -1.81. The van der Waals surface area contributed by atoms with Crippen molar-refractivity contribution in [3.8, 4) is 0 Å². The number of benzene rings is 1. The quantitative estimate of drug-likeness (QED) is 0.779. The van der Waals surface area contributed by atoms with Crippen molar-refractivity contribution in [1.82, 2.24) is 0 Å². The van der Waals surface area contributed by atoms with E-state index < -0.39 is 24.1 Å². The highest BCUT2D eigenvalue weighted by molar-refractivity contribution is 6.25. The lowest BCUT2D eigenvalue weighted by molar-refractivity contribution is -0.162. The van der Waals surface area contributed by atoms with Crippen LogP contribution < -0.4 is 0 Å². The number of halogens is 1. The van der Waals surface area contributed by atoms with Gasteiger partial charge in [0.1, 0.15) is 0 Å². The molecule has 0 aliphatic heterocycles. The van der Waals surface area contributed by atoms with Gasteiger partial charge in [-0.05, 0) is 11.6 Å². The summed E-state index contributed by atoms with van der Waals surface area (Å²) in [4.78, 5) is 22.3. The van der Waals surface area contributed by atoms with E-state index in [-0.39, 0.29) is 0 Å². The third-order valence-corrected chi connectivity index (χ3v) is 2.43. The van der Waals surface area contributed by atoms with Gasteiger partial charge >= 0.3 is 11.9 Å². The number of hydrogen-bond donors (Lipinski definition) is 0. The van der Waals surface area contributed by atoms with E-state index in [0.717, 1.165) is 5.56 Å². The highest BCUT2D eigenvalue weighted by Crippen LogP contribution is 2.25. The number of ether oxygens (including phenoxy) is 2. The Morgan fingerprint density at radius 2 is 1.68 bits per heavy atom. The minimum Gasteiger partial charge on any atom is -0.454 e. The largest absolute Gasteiger partial charge is 0.454 e. The van der Waals surface area contributed by atoms with E-state index in [4.69, 9.17) is 21.1 Å². The highest BCUT2D eigenvalue weighted by atomic mass is 35.5. The minimum atomic E-state index is -0.763. The van der Waals surface area contributed by atoms with Crippen molar-refractivity contribution in [2.45, 2.75) is 26.1 Å². The van der Waals surface area contributed by atoms with Crippen LogP contribution in [-0.2, 0) is 19.1 Å². The zero-order valence-corrected chi connectivity index (χ0v) is 11.5. The summed E-state index contributed by atoms with van der Waals surface area (Å²) in [6.07, 6.45) is -0.0253. The van der Waals surface area contributed by atoms with Crippen LogP contribution in [0.3, 0.4) is 0 Å². The molecule has 5 heteroatoms. The molecular formula is C14H15ClO4. The summed E-state index contributed by atoms with van der Waals surface area (Å²) in [5, 5.41) is 0. The van der Waals surface area contributed by atoms with Gasteiger partial charge in [0, 0.05) is 19.4 Å². The van der Waals surface area contributed by atoms with Crippen LogP contribution in [0.5, 0.6) is 0 Å². The van der Waals surface area contributed by atoms with Gasteiger partial charge in [0.25, 0.3) is 0 Å². The Kier molecular flexibility index (Phi) is 6.09.